The van der Waals surface area contributed by atoms with Crippen molar-refractivity contribution < 1.29 is 13.9 Å². The van der Waals surface area contributed by atoms with E-state index in [9.17, 15) is 14.0 Å². The molecule has 9 heteroatoms. The smallest absolute Gasteiger partial charge is 0.410 e. The molecule has 186 valence electrons. The fourth-order valence-corrected chi connectivity index (χ4v) is 3.87. The molecule has 0 atom stereocenters. The summed E-state index contributed by atoms with van der Waals surface area (Å²) < 4.78 is 20.9. The number of nitrogens with two attached hydrogens (primary N) is 1. The monoisotopic (exact) mass is 473 g/mol. The molecule has 8 nitrogen and oxygen atoms in total. The highest BCUT2D eigenvalue weighted by Gasteiger charge is 2.26. The third kappa shape index (κ3) is 6.64. The average molecular weight is 474 g/mol. The maximum atomic E-state index is 14.0. The van der Waals surface area contributed by atoms with Gasteiger partial charge in [-0.15, -0.1) is 0 Å². The molecule has 2 heterocycles. The minimum Gasteiger partial charge on any atom is -0.444 e. The van der Waals surface area contributed by atoms with E-state index in [1.807, 2.05) is 34.6 Å². The zero-order valence-corrected chi connectivity index (χ0v) is 20.8. The normalized spacial score (nSPS) is 15.1. The Morgan fingerprint density at radius 1 is 1.15 bits per heavy atom. The standard InChI is InChI=1S/C25H36FN5O3/c1-17(2)15-31-23(32)20(13-22(28-31)18-6-7-21(26)19(12-18)14-27)16-29-8-10-30(11-9-29)24(33)34-25(3,4)5/h6-7,12-13,17H,8-11,14-16,27H2,1-5H3. The second kappa shape index (κ2) is 10.7. The molecule has 3 rings (SSSR count). The number of ether oxygens (including phenoxy) is 1. The highest BCUT2D eigenvalue weighted by Crippen LogP contribution is 2.21. The maximum absolute atomic E-state index is 14.0. The lowest BCUT2D eigenvalue weighted by Gasteiger charge is -2.35. The quantitative estimate of drug-likeness (QED) is 0.693. The Kier molecular flexibility index (Phi) is 8.09. The van der Waals surface area contributed by atoms with Crippen molar-refractivity contribution in [3.63, 3.8) is 0 Å². The topological polar surface area (TPSA) is 93.7 Å². The predicted octanol–water partition coefficient (Wildman–Crippen LogP) is 3.22. The summed E-state index contributed by atoms with van der Waals surface area (Å²) in [5.74, 6) is -0.122. The van der Waals surface area contributed by atoms with Gasteiger partial charge < -0.3 is 15.4 Å². The first-order chi connectivity index (χ1) is 16.0. The summed E-state index contributed by atoms with van der Waals surface area (Å²) in [4.78, 5) is 29.4. The second-order valence-corrected chi connectivity index (χ2v) is 10.2. The summed E-state index contributed by atoms with van der Waals surface area (Å²) in [6.45, 7) is 12.9. The lowest BCUT2D eigenvalue weighted by atomic mass is 10.1. The van der Waals surface area contributed by atoms with Gasteiger partial charge in [0.15, 0.2) is 0 Å². The van der Waals surface area contributed by atoms with Gasteiger partial charge in [-0.25, -0.2) is 13.9 Å². The van der Waals surface area contributed by atoms with Crippen LogP contribution in [0.2, 0.25) is 0 Å². The molecule has 0 bridgehead atoms. The molecule has 0 unspecified atom stereocenters. The third-order valence-electron chi connectivity index (χ3n) is 5.57. The van der Waals surface area contributed by atoms with Crippen LogP contribution in [-0.4, -0.2) is 57.5 Å². The molecular weight excluding hydrogens is 437 g/mol. The van der Waals surface area contributed by atoms with E-state index < -0.39 is 5.60 Å². The Morgan fingerprint density at radius 3 is 2.41 bits per heavy atom. The number of hydrogen-bond donors (Lipinski definition) is 1. The van der Waals surface area contributed by atoms with Crippen molar-refractivity contribution in [3.05, 3.63) is 51.6 Å². The van der Waals surface area contributed by atoms with E-state index in [0.29, 0.717) is 56.1 Å². The van der Waals surface area contributed by atoms with E-state index in [-0.39, 0.29) is 29.9 Å². The number of rotatable bonds is 6. The number of halogens is 1. The number of carbonyl (C=O) groups excluding carboxylic acids is 1. The van der Waals surface area contributed by atoms with E-state index in [4.69, 9.17) is 10.5 Å². The zero-order chi connectivity index (χ0) is 25.0. The van der Waals surface area contributed by atoms with E-state index in [2.05, 4.69) is 10.00 Å². The SMILES string of the molecule is CC(C)Cn1nc(-c2ccc(F)c(CN)c2)cc(CN2CCN(C(=O)OC(C)(C)C)CC2)c1=O. The first-order valence-electron chi connectivity index (χ1n) is 11.8. The van der Waals surface area contributed by atoms with Crippen LogP contribution in [0.5, 0.6) is 0 Å². The van der Waals surface area contributed by atoms with Crippen LogP contribution >= 0.6 is 0 Å². The van der Waals surface area contributed by atoms with E-state index in [1.54, 1.807) is 23.1 Å². The lowest BCUT2D eigenvalue weighted by molar-refractivity contribution is 0.0138. The molecule has 2 aromatic rings. The van der Waals surface area contributed by atoms with Crippen molar-refractivity contribution in [2.75, 3.05) is 26.2 Å². The Bertz CT molecular complexity index is 1070. The van der Waals surface area contributed by atoms with Crippen LogP contribution in [0.4, 0.5) is 9.18 Å². The van der Waals surface area contributed by atoms with Crippen molar-refractivity contribution in [2.24, 2.45) is 11.7 Å². The summed E-state index contributed by atoms with van der Waals surface area (Å²) in [5, 5.41) is 4.56. The number of benzene rings is 1. The van der Waals surface area contributed by atoms with Crippen molar-refractivity contribution >= 4 is 6.09 Å². The molecule has 1 amide bonds. The molecule has 0 saturated carbocycles. The summed E-state index contributed by atoms with van der Waals surface area (Å²) >= 11 is 0. The molecule has 0 spiro atoms. The average Bonchev–Trinajstić information content (AvgIpc) is 2.75. The Labute approximate surface area is 200 Å². The molecule has 0 radical (unpaired) electrons. The van der Waals surface area contributed by atoms with Gasteiger partial charge in [-0.2, -0.15) is 5.10 Å². The van der Waals surface area contributed by atoms with Crippen LogP contribution in [0.15, 0.2) is 29.1 Å². The maximum Gasteiger partial charge on any atom is 0.410 e. The van der Waals surface area contributed by atoms with Gasteiger partial charge in [0.25, 0.3) is 5.56 Å². The van der Waals surface area contributed by atoms with Crippen molar-refractivity contribution in [3.8, 4) is 11.3 Å². The third-order valence-corrected chi connectivity index (χ3v) is 5.57. The number of hydrogen-bond acceptors (Lipinski definition) is 6. The number of aromatic nitrogens is 2. The van der Waals surface area contributed by atoms with Crippen LogP contribution in [0.3, 0.4) is 0 Å². The summed E-state index contributed by atoms with van der Waals surface area (Å²) in [6.07, 6.45) is -0.315. The summed E-state index contributed by atoms with van der Waals surface area (Å²) in [5.41, 5.74) is 7.36. The molecule has 2 N–H and O–H groups in total. The first-order valence-corrected chi connectivity index (χ1v) is 11.8. The van der Waals surface area contributed by atoms with Crippen molar-refractivity contribution in [1.29, 1.82) is 0 Å². The van der Waals surface area contributed by atoms with Crippen molar-refractivity contribution in [1.82, 2.24) is 19.6 Å². The van der Waals surface area contributed by atoms with Gasteiger partial charge in [-0.3, -0.25) is 9.69 Å². The van der Waals surface area contributed by atoms with E-state index in [1.165, 1.54) is 10.7 Å². The van der Waals surface area contributed by atoms with E-state index in [0.717, 1.165) is 5.56 Å². The van der Waals surface area contributed by atoms with Gasteiger partial charge in [0.05, 0.1) is 5.69 Å². The molecule has 0 aliphatic carbocycles. The van der Waals surface area contributed by atoms with Gasteiger partial charge in [-0.1, -0.05) is 13.8 Å². The highest BCUT2D eigenvalue weighted by molar-refractivity contribution is 5.68. The minimum absolute atomic E-state index is 0.0834. The molecule has 1 aromatic heterocycles. The molecular formula is C25H36FN5O3. The summed E-state index contributed by atoms with van der Waals surface area (Å²) in [7, 11) is 0. The predicted molar refractivity (Wildman–Crippen MR) is 130 cm³/mol. The number of carbonyl (C=O) groups is 1. The van der Waals surface area contributed by atoms with Crippen LogP contribution in [0, 0.1) is 11.7 Å². The van der Waals surface area contributed by atoms with Gasteiger partial charge in [0.2, 0.25) is 0 Å². The minimum atomic E-state index is -0.534. The fraction of sp³-hybridized carbons (Fsp3) is 0.560. The molecule has 1 saturated heterocycles. The van der Waals surface area contributed by atoms with Gasteiger partial charge in [-0.05, 0) is 51.0 Å². The Balaban J connectivity index is 1.82. The molecule has 1 aromatic carbocycles. The number of nitrogens with zero attached hydrogens (tertiary/aromatic N) is 4. The summed E-state index contributed by atoms with van der Waals surface area (Å²) in [6, 6.07) is 6.51. The second-order valence-electron chi connectivity index (χ2n) is 10.2. The van der Waals surface area contributed by atoms with Crippen molar-refractivity contribution in [2.45, 2.75) is 59.9 Å². The Hall–Kier alpha value is -2.78. The van der Waals surface area contributed by atoms with Gasteiger partial charge in [0.1, 0.15) is 11.4 Å². The van der Waals surface area contributed by atoms with Crippen LogP contribution in [0.25, 0.3) is 11.3 Å². The Morgan fingerprint density at radius 2 is 1.82 bits per heavy atom. The zero-order valence-electron chi connectivity index (χ0n) is 20.8. The number of piperazine rings is 1. The van der Waals surface area contributed by atoms with Gasteiger partial charge in [0, 0.05) is 62.5 Å². The first kappa shape index (κ1) is 25.8. The number of amides is 1. The largest absolute Gasteiger partial charge is 0.444 e. The van der Waals surface area contributed by atoms with Crippen LogP contribution < -0.4 is 11.3 Å². The van der Waals surface area contributed by atoms with E-state index >= 15 is 0 Å². The molecule has 1 aliphatic heterocycles. The molecule has 1 fully saturated rings. The lowest BCUT2D eigenvalue weighted by Crippen LogP contribution is -2.50. The highest BCUT2D eigenvalue weighted by atomic mass is 19.1. The van der Waals surface area contributed by atoms with Gasteiger partial charge >= 0.3 is 6.09 Å². The molecule has 34 heavy (non-hydrogen) atoms. The van der Waals surface area contributed by atoms with Crippen LogP contribution in [-0.2, 0) is 24.4 Å². The van der Waals surface area contributed by atoms with Crippen LogP contribution in [0.1, 0.15) is 45.7 Å². The molecule has 1 aliphatic rings. The fourth-order valence-electron chi connectivity index (χ4n) is 3.87.